The van der Waals surface area contributed by atoms with Gasteiger partial charge in [-0.3, -0.25) is 4.79 Å². The van der Waals surface area contributed by atoms with Crippen molar-refractivity contribution in [1.29, 1.82) is 0 Å². The van der Waals surface area contributed by atoms with Crippen molar-refractivity contribution in [1.82, 2.24) is 0 Å². The summed E-state index contributed by atoms with van der Waals surface area (Å²) >= 11 is 3.37. The van der Waals surface area contributed by atoms with Gasteiger partial charge in [-0.05, 0) is 30.5 Å². The van der Waals surface area contributed by atoms with Crippen LogP contribution < -0.4 is 0 Å². The highest BCUT2D eigenvalue weighted by molar-refractivity contribution is 9.09. The Bertz CT molecular complexity index is 391. The highest BCUT2D eigenvalue weighted by Crippen LogP contribution is 2.35. The number of carbonyl (C=O) groups is 1. The lowest BCUT2D eigenvalue weighted by Crippen LogP contribution is -2.42. The first-order valence-electron chi connectivity index (χ1n) is 5.18. The first-order valence-corrected chi connectivity index (χ1v) is 6.30. The molecule has 1 atom stereocenters. The van der Waals surface area contributed by atoms with E-state index in [9.17, 15) is 9.18 Å². The van der Waals surface area contributed by atoms with E-state index in [0.717, 1.165) is 18.4 Å². The number of cyclic esters (lactones) is 1. The van der Waals surface area contributed by atoms with Crippen molar-refractivity contribution in [2.24, 2.45) is 0 Å². The largest absolute Gasteiger partial charge is 0.465 e. The number of carbonyl (C=O) groups excluding carboxylic acids is 1. The Balaban J connectivity index is 2.40. The number of hydrogen-bond acceptors (Lipinski definition) is 2. The topological polar surface area (TPSA) is 26.3 Å². The normalized spacial score (nSPS) is 25.2. The van der Waals surface area contributed by atoms with Gasteiger partial charge in [0.05, 0.1) is 6.61 Å². The van der Waals surface area contributed by atoms with Crippen LogP contribution in [-0.4, -0.2) is 17.9 Å². The fourth-order valence-electron chi connectivity index (χ4n) is 2.01. The number of esters is 1. The summed E-state index contributed by atoms with van der Waals surface area (Å²) in [6.07, 6.45) is 1.58. The summed E-state index contributed by atoms with van der Waals surface area (Å²) in [5.74, 6) is -0.514. The second kappa shape index (κ2) is 4.53. The third-order valence-electron chi connectivity index (χ3n) is 3.00. The summed E-state index contributed by atoms with van der Waals surface area (Å²) in [7, 11) is 0. The minimum absolute atomic E-state index is 0.220. The van der Waals surface area contributed by atoms with E-state index >= 15 is 0 Å². The van der Waals surface area contributed by atoms with E-state index in [4.69, 9.17) is 4.74 Å². The van der Waals surface area contributed by atoms with Gasteiger partial charge < -0.3 is 4.74 Å². The fraction of sp³-hybridized carbons (Fsp3) is 0.417. The molecule has 0 spiro atoms. The van der Waals surface area contributed by atoms with Gasteiger partial charge >= 0.3 is 5.97 Å². The van der Waals surface area contributed by atoms with Crippen molar-refractivity contribution < 1.29 is 13.9 Å². The zero-order chi connectivity index (χ0) is 11.6. The Hall–Kier alpha value is -0.900. The molecule has 0 amide bonds. The Morgan fingerprint density at radius 1 is 1.38 bits per heavy atom. The van der Waals surface area contributed by atoms with Gasteiger partial charge in [0.25, 0.3) is 0 Å². The van der Waals surface area contributed by atoms with E-state index < -0.39 is 5.41 Å². The van der Waals surface area contributed by atoms with Crippen LogP contribution in [0.25, 0.3) is 0 Å². The SMILES string of the molecule is O=C1OCCC[C@@]1(CBr)c1ccc(F)cc1. The predicted molar refractivity (Wildman–Crippen MR) is 62.1 cm³/mol. The number of benzene rings is 1. The molecule has 1 aromatic rings. The van der Waals surface area contributed by atoms with Gasteiger partial charge in [0.15, 0.2) is 0 Å². The average molecular weight is 287 g/mol. The Kier molecular flexibility index (Phi) is 3.28. The number of rotatable bonds is 2. The van der Waals surface area contributed by atoms with E-state index in [2.05, 4.69) is 15.9 Å². The smallest absolute Gasteiger partial charge is 0.317 e. The quantitative estimate of drug-likeness (QED) is 0.617. The lowest BCUT2D eigenvalue weighted by molar-refractivity contribution is -0.154. The second-order valence-corrected chi connectivity index (χ2v) is 4.52. The zero-order valence-electron chi connectivity index (χ0n) is 8.71. The van der Waals surface area contributed by atoms with Gasteiger partial charge in [0.1, 0.15) is 11.2 Å². The molecule has 1 aromatic carbocycles. The summed E-state index contributed by atoms with van der Waals surface area (Å²) in [4.78, 5) is 11.9. The lowest BCUT2D eigenvalue weighted by Gasteiger charge is -2.33. The van der Waals surface area contributed by atoms with Crippen molar-refractivity contribution in [3.8, 4) is 0 Å². The molecule has 0 aliphatic carbocycles. The van der Waals surface area contributed by atoms with E-state index in [1.807, 2.05) is 0 Å². The molecule has 1 aliphatic heterocycles. The van der Waals surface area contributed by atoms with Gasteiger partial charge in [-0.2, -0.15) is 0 Å². The molecule has 1 heterocycles. The molecule has 86 valence electrons. The van der Waals surface area contributed by atoms with Gasteiger partial charge in [-0.1, -0.05) is 28.1 Å². The second-order valence-electron chi connectivity index (χ2n) is 3.96. The lowest BCUT2D eigenvalue weighted by atomic mass is 9.77. The van der Waals surface area contributed by atoms with Gasteiger partial charge in [-0.15, -0.1) is 0 Å². The summed E-state index contributed by atoms with van der Waals surface area (Å²) in [6.45, 7) is 0.481. The van der Waals surface area contributed by atoms with Crippen LogP contribution in [0.15, 0.2) is 24.3 Å². The molecular formula is C12H12BrFO2. The number of halogens is 2. The molecular weight excluding hydrogens is 275 g/mol. The maximum atomic E-state index is 12.9. The predicted octanol–water partition coefficient (Wildman–Crippen LogP) is 2.80. The van der Waals surface area contributed by atoms with Crippen LogP contribution in [-0.2, 0) is 14.9 Å². The Labute approximate surface area is 102 Å². The first kappa shape index (κ1) is 11.6. The summed E-state index contributed by atoms with van der Waals surface area (Å²) in [5.41, 5.74) is 0.168. The minimum atomic E-state index is -0.647. The molecule has 0 unspecified atom stereocenters. The maximum absolute atomic E-state index is 12.9. The Morgan fingerprint density at radius 2 is 2.06 bits per heavy atom. The van der Waals surface area contributed by atoms with Crippen LogP contribution in [0.2, 0.25) is 0 Å². The van der Waals surface area contributed by atoms with Crippen LogP contribution in [0.5, 0.6) is 0 Å². The van der Waals surface area contributed by atoms with Crippen molar-refractivity contribution in [2.75, 3.05) is 11.9 Å². The Morgan fingerprint density at radius 3 is 2.62 bits per heavy atom. The molecule has 4 heteroatoms. The van der Waals surface area contributed by atoms with Gasteiger partial charge in [0, 0.05) is 5.33 Å². The van der Waals surface area contributed by atoms with E-state index in [-0.39, 0.29) is 11.8 Å². The third-order valence-corrected chi connectivity index (χ3v) is 3.95. The van der Waals surface area contributed by atoms with Gasteiger partial charge in [-0.25, -0.2) is 4.39 Å². The van der Waals surface area contributed by atoms with Crippen LogP contribution >= 0.6 is 15.9 Å². The molecule has 1 saturated heterocycles. The summed E-state index contributed by atoms with van der Waals surface area (Å²) in [6, 6.07) is 6.07. The highest BCUT2D eigenvalue weighted by atomic mass is 79.9. The molecule has 1 fully saturated rings. The van der Waals surface area contributed by atoms with Crippen molar-refractivity contribution in [2.45, 2.75) is 18.3 Å². The summed E-state index contributed by atoms with van der Waals surface area (Å²) in [5, 5.41) is 0.504. The van der Waals surface area contributed by atoms with E-state index in [1.165, 1.54) is 12.1 Å². The third kappa shape index (κ3) is 1.86. The first-order chi connectivity index (χ1) is 7.69. The molecule has 0 aromatic heterocycles. The molecule has 2 nitrogen and oxygen atoms in total. The van der Waals surface area contributed by atoms with Gasteiger partial charge in [0.2, 0.25) is 0 Å². The monoisotopic (exact) mass is 286 g/mol. The van der Waals surface area contributed by atoms with Crippen LogP contribution in [0.3, 0.4) is 0 Å². The average Bonchev–Trinajstić information content (AvgIpc) is 2.31. The number of ether oxygens (including phenoxy) is 1. The van der Waals surface area contributed by atoms with Crippen molar-refractivity contribution in [3.05, 3.63) is 35.6 Å². The van der Waals surface area contributed by atoms with Crippen LogP contribution in [0.4, 0.5) is 4.39 Å². The minimum Gasteiger partial charge on any atom is -0.465 e. The molecule has 1 aliphatic rings. The molecule has 0 saturated carbocycles. The molecule has 16 heavy (non-hydrogen) atoms. The van der Waals surface area contributed by atoms with E-state index in [1.54, 1.807) is 12.1 Å². The number of hydrogen-bond donors (Lipinski definition) is 0. The standard InChI is InChI=1S/C12H12BrFO2/c13-8-12(6-1-7-16-11(12)15)9-2-4-10(14)5-3-9/h2-5H,1,6-8H2/t12-/m1/s1. The van der Waals surface area contributed by atoms with Crippen molar-refractivity contribution >= 4 is 21.9 Å². The zero-order valence-corrected chi connectivity index (χ0v) is 10.3. The highest BCUT2D eigenvalue weighted by Gasteiger charge is 2.42. The fourth-order valence-corrected chi connectivity index (χ4v) is 2.84. The van der Waals surface area contributed by atoms with Crippen molar-refractivity contribution in [3.63, 3.8) is 0 Å². The van der Waals surface area contributed by atoms with Crippen LogP contribution in [0, 0.1) is 5.82 Å². The molecule has 2 rings (SSSR count). The number of alkyl halides is 1. The maximum Gasteiger partial charge on any atom is 0.317 e. The van der Waals surface area contributed by atoms with E-state index in [0.29, 0.717) is 11.9 Å². The molecule has 0 bridgehead atoms. The van der Waals surface area contributed by atoms with Crippen LogP contribution in [0.1, 0.15) is 18.4 Å². The summed E-state index contributed by atoms with van der Waals surface area (Å²) < 4.78 is 18.0. The molecule has 0 radical (unpaired) electrons. The molecule has 0 N–H and O–H groups in total.